The summed E-state index contributed by atoms with van der Waals surface area (Å²) in [5, 5.41) is 3.86. The van der Waals surface area contributed by atoms with E-state index in [1.54, 1.807) is 30.4 Å². The second-order valence-corrected chi connectivity index (χ2v) is 6.86. The van der Waals surface area contributed by atoms with E-state index >= 15 is 0 Å². The van der Waals surface area contributed by atoms with Crippen LogP contribution in [0.25, 0.3) is 0 Å². The molecule has 24 heavy (non-hydrogen) atoms. The predicted octanol–water partition coefficient (Wildman–Crippen LogP) is 3.07. The molecule has 0 bridgehead atoms. The van der Waals surface area contributed by atoms with E-state index in [0.29, 0.717) is 19.0 Å². The Bertz CT molecular complexity index is 715. The van der Waals surface area contributed by atoms with Crippen LogP contribution in [-0.4, -0.2) is 35.1 Å². The van der Waals surface area contributed by atoms with Gasteiger partial charge >= 0.3 is 6.03 Å². The first-order valence-electron chi connectivity index (χ1n) is 7.88. The molecule has 0 saturated heterocycles. The number of amides is 2. The van der Waals surface area contributed by atoms with Gasteiger partial charge in [0.05, 0.1) is 20.2 Å². The highest BCUT2D eigenvalue weighted by Gasteiger charge is 2.14. The third-order valence-electron chi connectivity index (χ3n) is 3.72. The molecule has 0 aromatic carbocycles. The van der Waals surface area contributed by atoms with Crippen LogP contribution < -0.4 is 10.1 Å². The Hall–Kier alpha value is -2.15. The van der Waals surface area contributed by atoms with Crippen LogP contribution in [0.4, 0.5) is 4.79 Å². The highest BCUT2D eigenvalue weighted by molar-refractivity contribution is 7.11. The molecule has 0 fully saturated rings. The van der Waals surface area contributed by atoms with Crippen LogP contribution in [0.1, 0.15) is 33.6 Å². The van der Waals surface area contributed by atoms with Crippen molar-refractivity contribution in [2.45, 2.75) is 40.3 Å². The molecule has 7 heteroatoms. The molecule has 2 aromatic heterocycles. The first kappa shape index (κ1) is 18.2. The van der Waals surface area contributed by atoms with Gasteiger partial charge in [-0.25, -0.2) is 14.8 Å². The lowest BCUT2D eigenvalue weighted by Gasteiger charge is -2.18. The van der Waals surface area contributed by atoms with E-state index in [0.717, 1.165) is 28.2 Å². The summed E-state index contributed by atoms with van der Waals surface area (Å²) < 4.78 is 5.33. The summed E-state index contributed by atoms with van der Waals surface area (Å²) in [4.78, 5) is 23.9. The van der Waals surface area contributed by atoms with Crippen LogP contribution in [0.3, 0.4) is 0 Å². The molecule has 0 spiro atoms. The predicted molar refractivity (Wildman–Crippen MR) is 95.5 cm³/mol. The SMILES string of the molecule is CCc1cnc(CN(C)C(=O)NCc2c(C)cc(C)nc2OC)s1. The number of thiazole rings is 1. The van der Waals surface area contributed by atoms with E-state index in [4.69, 9.17) is 4.74 Å². The van der Waals surface area contributed by atoms with Gasteiger partial charge in [0.25, 0.3) is 0 Å². The minimum absolute atomic E-state index is 0.148. The van der Waals surface area contributed by atoms with Crippen LogP contribution in [0.2, 0.25) is 0 Å². The van der Waals surface area contributed by atoms with Gasteiger partial charge in [-0.05, 0) is 31.9 Å². The third-order valence-corrected chi connectivity index (χ3v) is 4.84. The molecule has 0 saturated carbocycles. The zero-order chi connectivity index (χ0) is 17.7. The average molecular weight is 348 g/mol. The maximum atomic E-state index is 12.3. The lowest BCUT2D eigenvalue weighted by molar-refractivity contribution is 0.206. The maximum Gasteiger partial charge on any atom is 0.317 e. The smallest absolute Gasteiger partial charge is 0.317 e. The number of carbonyl (C=O) groups excluding carboxylic acids is 1. The van der Waals surface area contributed by atoms with Crippen molar-refractivity contribution in [2.75, 3.05) is 14.2 Å². The number of hydrogen-bond donors (Lipinski definition) is 1. The highest BCUT2D eigenvalue weighted by Crippen LogP contribution is 2.20. The fourth-order valence-electron chi connectivity index (χ4n) is 2.37. The van der Waals surface area contributed by atoms with Gasteiger partial charge in [-0.3, -0.25) is 0 Å². The first-order valence-corrected chi connectivity index (χ1v) is 8.69. The van der Waals surface area contributed by atoms with E-state index in [1.807, 2.05) is 26.1 Å². The van der Waals surface area contributed by atoms with Gasteiger partial charge in [0, 0.05) is 29.4 Å². The van der Waals surface area contributed by atoms with Crippen molar-refractivity contribution in [1.82, 2.24) is 20.2 Å². The normalized spacial score (nSPS) is 10.5. The molecule has 2 heterocycles. The molecule has 0 radical (unpaired) electrons. The Kier molecular flexibility index (Phi) is 6.14. The summed E-state index contributed by atoms with van der Waals surface area (Å²) in [5.41, 5.74) is 2.84. The molecule has 0 atom stereocenters. The molecule has 1 N–H and O–H groups in total. The summed E-state index contributed by atoms with van der Waals surface area (Å²) in [6.45, 7) is 6.88. The van der Waals surface area contributed by atoms with Crippen molar-refractivity contribution in [3.05, 3.63) is 39.0 Å². The van der Waals surface area contributed by atoms with E-state index in [1.165, 1.54) is 4.88 Å². The number of pyridine rings is 1. The Morgan fingerprint density at radius 2 is 2.17 bits per heavy atom. The molecular formula is C17H24N4O2S. The zero-order valence-electron chi connectivity index (χ0n) is 14.8. The molecular weight excluding hydrogens is 324 g/mol. The van der Waals surface area contributed by atoms with Crippen molar-refractivity contribution in [2.24, 2.45) is 0 Å². The minimum Gasteiger partial charge on any atom is -0.481 e. The van der Waals surface area contributed by atoms with E-state index in [2.05, 4.69) is 22.2 Å². The van der Waals surface area contributed by atoms with Crippen molar-refractivity contribution in [3.63, 3.8) is 0 Å². The summed E-state index contributed by atoms with van der Waals surface area (Å²) >= 11 is 1.64. The Morgan fingerprint density at radius 3 is 2.79 bits per heavy atom. The topological polar surface area (TPSA) is 67.4 Å². The molecule has 0 unspecified atom stereocenters. The molecule has 0 aliphatic heterocycles. The number of nitrogens with one attached hydrogen (secondary N) is 1. The number of rotatable bonds is 6. The van der Waals surface area contributed by atoms with Gasteiger partial charge in [0.15, 0.2) is 0 Å². The Morgan fingerprint density at radius 1 is 1.42 bits per heavy atom. The summed E-state index contributed by atoms with van der Waals surface area (Å²) in [6, 6.07) is 1.83. The number of hydrogen-bond acceptors (Lipinski definition) is 5. The minimum atomic E-state index is -0.148. The van der Waals surface area contributed by atoms with Crippen LogP contribution in [-0.2, 0) is 19.5 Å². The number of aromatic nitrogens is 2. The fourth-order valence-corrected chi connectivity index (χ4v) is 3.29. The van der Waals surface area contributed by atoms with Gasteiger partial charge in [0.1, 0.15) is 5.01 Å². The van der Waals surface area contributed by atoms with Gasteiger partial charge in [-0.15, -0.1) is 11.3 Å². The van der Waals surface area contributed by atoms with Crippen LogP contribution in [0, 0.1) is 13.8 Å². The van der Waals surface area contributed by atoms with E-state index in [-0.39, 0.29) is 6.03 Å². The lowest BCUT2D eigenvalue weighted by Crippen LogP contribution is -2.36. The molecule has 0 aliphatic rings. The van der Waals surface area contributed by atoms with Crippen molar-refractivity contribution in [3.8, 4) is 5.88 Å². The molecule has 2 rings (SSSR count). The molecule has 6 nitrogen and oxygen atoms in total. The molecule has 2 amide bonds. The van der Waals surface area contributed by atoms with Crippen LogP contribution >= 0.6 is 11.3 Å². The second-order valence-electron chi connectivity index (χ2n) is 5.66. The highest BCUT2D eigenvalue weighted by atomic mass is 32.1. The largest absolute Gasteiger partial charge is 0.481 e. The van der Waals surface area contributed by atoms with Gasteiger partial charge < -0.3 is 15.0 Å². The van der Waals surface area contributed by atoms with Gasteiger partial charge in [-0.1, -0.05) is 6.92 Å². The Labute approximate surface area is 146 Å². The number of nitrogens with zero attached hydrogens (tertiary/aromatic N) is 3. The van der Waals surface area contributed by atoms with Gasteiger partial charge in [0.2, 0.25) is 5.88 Å². The average Bonchev–Trinajstić information content (AvgIpc) is 3.00. The molecule has 2 aromatic rings. The van der Waals surface area contributed by atoms with Gasteiger partial charge in [-0.2, -0.15) is 0 Å². The second kappa shape index (κ2) is 8.10. The van der Waals surface area contributed by atoms with Crippen molar-refractivity contribution >= 4 is 17.4 Å². The summed E-state index contributed by atoms with van der Waals surface area (Å²) in [5.74, 6) is 0.558. The third kappa shape index (κ3) is 4.44. The van der Waals surface area contributed by atoms with E-state index in [9.17, 15) is 4.79 Å². The first-order chi connectivity index (χ1) is 11.4. The monoisotopic (exact) mass is 348 g/mol. The maximum absolute atomic E-state index is 12.3. The number of methoxy groups -OCH3 is 1. The lowest BCUT2D eigenvalue weighted by atomic mass is 10.1. The summed E-state index contributed by atoms with van der Waals surface area (Å²) in [7, 11) is 3.35. The standard InChI is InChI=1S/C17H24N4O2S/c1-6-13-8-18-15(24-13)10-21(4)17(22)19-9-14-11(2)7-12(3)20-16(14)23-5/h7-8H,6,9-10H2,1-5H3,(H,19,22). The van der Waals surface area contributed by atoms with Crippen molar-refractivity contribution in [1.29, 1.82) is 0 Å². The fraction of sp³-hybridized carbons (Fsp3) is 0.471. The van der Waals surface area contributed by atoms with Crippen LogP contribution in [0.5, 0.6) is 5.88 Å². The number of ether oxygens (including phenoxy) is 1. The van der Waals surface area contributed by atoms with Crippen LogP contribution in [0.15, 0.2) is 12.3 Å². The molecule has 0 aliphatic carbocycles. The van der Waals surface area contributed by atoms with Crippen molar-refractivity contribution < 1.29 is 9.53 Å². The number of urea groups is 1. The molecule has 130 valence electrons. The Balaban J connectivity index is 1.97. The zero-order valence-corrected chi connectivity index (χ0v) is 15.7. The number of aryl methyl sites for hydroxylation is 3. The van der Waals surface area contributed by atoms with E-state index < -0.39 is 0 Å². The summed E-state index contributed by atoms with van der Waals surface area (Å²) in [6.07, 6.45) is 2.84. The number of carbonyl (C=O) groups is 1. The quantitative estimate of drug-likeness (QED) is 0.871.